The second kappa shape index (κ2) is 6.04. The first-order chi connectivity index (χ1) is 8.67. The van der Waals surface area contributed by atoms with E-state index in [-0.39, 0.29) is 18.1 Å². The summed E-state index contributed by atoms with van der Waals surface area (Å²) in [4.78, 5) is 15.0. The van der Waals surface area contributed by atoms with E-state index in [0.29, 0.717) is 23.8 Å². The van der Waals surface area contributed by atoms with Gasteiger partial charge in [0.2, 0.25) is 0 Å². The predicted molar refractivity (Wildman–Crippen MR) is 74.9 cm³/mol. The maximum absolute atomic E-state index is 12.5. The number of morpholine rings is 1. The molecular weight excluding hydrogens is 318 g/mol. The highest BCUT2D eigenvalue weighted by Crippen LogP contribution is 2.27. The van der Waals surface area contributed by atoms with Crippen LogP contribution in [0.1, 0.15) is 16.6 Å². The van der Waals surface area contributed by atoms with E-state index < -0.39 is 0 Å². The number of hydrogen-bond acceptors (Lipinski definition) is 4. The summed E-state index contributed by atoms with van der Waals surface area (Å²) >= 11 is 4.82. The molecule has 1 fully saturated rings. The number of ether oxygens (including phenoxy) is 2. The van der Waals surface area contributed by atoms with Crippen molar-refractivity contribution in [3.63, 3.8) is 0 Å². The fraction of sp³-hybridized carbons (Fsp3) is 0.583. The molecule has 2 unspecified atom stereocenters. The van der Waals surface area contributed by atoms with E-state index in [0.717, 1.165) is 5.33 Å². The highest BCUT2D eigenvalue weighted by atomic mass is 79.9. The molecule has 0 aliphatic carbocycles. The molecule has 1 aromatic rings. The Kier molecular flexibility index (Phi) is 4.64. The summed E-state index contributed by atoms with van der Waals surface area (Å²) in [6, 6.07) is 1.92. The third-order valence-corrected chi connectivity index (χ3v) is 4.59. The number of halogens is 1. The van der Waals surface area contributed by atoms with Crippen LogP contribution in [0.2, 0.25) is 0 Å². The normalized spacial score (nSPS) is 24.1. The van der Waals surface area contributed by atoms with Gasteiger partial charge >= 0.3 is 0 Å². The van der Waals surface area contributed by atoms with Gasteiger partial charge in [0.15, 0.2) is 0 Å². The van der Waals surface area contributed by atoms with Crippen molar-refractivity contribution in [3.8, 4) is 5.75 Å². The van der Waals surface area contributed by atoms with Crippen LogP contribution in [0.5, 0.6) is 5.75 Å². The van der Waals surface area contributed by atoms with E-state index in [9.17, 15) is 4.79 Å². The number of carbonyl (C=O) groups is 1. The smallest absolute Gasteiger partial charge is 0.268 e. The van der Waals surface area contributed by atoms with Gasteiger partial charge in [-0.3, -0.25) is 4.79 Å². The van der Waals surface area contributed by atoms with Gasteiger partial charge in [-0.25, -0.2) is 0 Å². The second-order valence-electron chi connectivity index (χ2n) is 4.23. The van der Waals surface area contributed by atoms with E-state index in [2.05, 4.69) is 15.9 Å². The zero-order valence-corrected chi connectivity index (χ0v) is 12.8. The Hall–Kier alpha value is -0.590. The fourth-order valence-corrected chi connectivity index (χ4v) is 3.14. The minimum Gasteiger partial charge on any atom is -0.495 e. The van der Waals surface area contributed by atoms with Crippen molar-refractivity contribution in [1.29, 1.82) is 0 Å². The summed E-state index contributed by atoms with van der Waals surface area (Å²) in [7, 11) is 1.59. The lowest BCUT2D eigenvalue weighted by Gasteiger charge is -2.37. The average molecular weight is 334 g/mol. The van der Waals surface area contributed by atoms with Gasteiger partial charge < -0.3 is 14.4 Å². The predicted octanol–water partition coefficient (Wildman–Crippen LogP) is 2.38. The number of carbonyl (C=O) groups excluding carboxylic acids is 1. The Bertz CT molecular complexity index is 423. The quantitative estimate of drug-likeness (QED) is 0.797. The number of alkyl halides is 1. The Morgan fingerprint density at radius 2 is 2.50 bits per heavy atom. The molecule has 0 radical (unpaired) electrons. The molecule has 1 saturated heterocycles. The van der Waals surface area contributed by atoms with Crippen molar-refractivity contribution in [1.82, 2.24) is 4.90 Å². The zero-order valence-electron chi connectivity index (χ0n) is 10.4. The number of hydrogen-bond donors (Lipinski definition) is 0. The molecular formula is C12H16BrNO3S. The van der Waals surface area contributed by atoms with Crippen LogP contribution < -0.4 is 4.74 Å². The Balaban J connectivity index is 2.16. The number of thiophene rings is 1. The van der Waals surface area contributed by atoms with Crippen LogP contribution in [0.25, 0.3) is 0 Å². The maximum Gasteiger partial charge on any atom is 0.268 e. The molecule has 0 spiro atoms. The molecule has 1 aliphatic heterocycles. The van der Waals surface area contributed by atoms with Gasteiger partial charge in [-0.2, -0.15) is 0 Å². The summed E-state index contributed by atoms with van der Waals surface area (Å²) in [5.41, 5.74) is 0. The molecule has 1 aromatic heterocycles. The highest BCUT2D eigenvalue weighted by Gasteiger charge is 2.31. The van der Waals surface area contributed by atoms with Crippen LogP contribution in [0.3, 0.4) is 0 Å². The van der Waals surface area contributed by atoms with Crippen molar-refractivity contribution in [2.75, 3.05) is 25.6 Å². The van der Waals surface area contributed by atoms with Crippen LogP contribution in [0.15, 0.2) is 11.4 Å². The van der Waals surface area contributed by atoms with Crippen LogP contribution in [-0.4, -0.2) is 48.5 Å². The summed E-state index contributed by atoms with van der Waals surface area (Å²) in [5.74, 6) is 0.683. The van der Waals surface area contributed by atoms with Gasteiger partial charge in [0.1, 0.15) is 10.6 Å². The van der Waals surface area contributed by atoms with E-state index in [1.165, 1.54) is 11.3 Å². The first kappa shape index (κ1) is 13.8. The van der Waals surface area contributed by atoms with E-state index in [4.69, 9.17) is 9.47 Å². The largest absolute Gasteiger partial charge is 0.495 e. The fourth-order valence-electron chi connectivity index (χ4n) is 1.94. The molecule has 1 aliphatic rings. The third-order valence-electron chi connectivity index (χ3n) is 2.98. The molecule has 0 aromatic carbocycles. The van der Waals surface area contributed by atoms with E-state index >= 15 is 0 Å². The van der Waals surface area contributed by atoms with Crippen molar-refractivity contribution in [2.45, 2.75) is 19.1 Å². The number of methoxy groups -OCH3 is 1. The van der Waals surface area contributed by atoms with Crippen molar-refractivity contribution in [3.05, 3.63) is 16.3 Å². The van der Waals surface area contributed by atoms with Gasteiger partial charge in [-0.1, -0.05) is 15.9 Å². The molecule has 18 heavy (non-hydrogen) atoms. The van der Waals surface area contributed by atoms with Gasteiger partial charge in [0, 0.05) is 11.9 Å². The molecule has 4 nitrogen and oxygen atoms in total. The number of amides is 1. The van der Waals surface area contributed by atoms with Gasteiger partial charge in [-0.15, -0.1) is 11.3 Å². The van der Waals surface area contributed by atoms with Gasteiger partial charge in [-0.05, 0) is 18.4 Å². The standard InChI is InChI=1S/C12H16BrNO3S/c1-8-7-17-9(5-13)6-14(8)12(15)11-10(16-2)3-4-18-11/h3-4,8-9H,5-7H2,1-2H3. The number of rotatable bonds is 3. The Morgan fingerprint density at radius 1 is 1.72 bits per heavy atom. The molecule has 2 heterocycles. The minimum atomic E-state index is 0.0311. The molecule has 100 valence electrons. The lowest BCUT2D eigenvalue weighted by atomic mass is 10.2. The molecule has 2 rings (SSSR count). The third kappa shape index (κ3) is 2.70. The van der Waals surface area contributed by atoms with Crippen LogP contribution in [0.4, 0.5) is 0 Å². The molecule has 0 saturated carbocycles. The molecule has 6 heteroatoms. The van der Waals surface area contributed by atoms with Crippen molar-refractivity contribution < 1.29 is 14.3 Å². The van der Waals surface area contributed by atoms with Crippen LogP contribution in [0, 0.1) is 0 Å². The molecule has 0 N–H and O–H groups in total. The maximum atomic E-state index is 12.5. The number of nitrogens with zero attached hydrogens (tertiary/aromatic N) is 1. The van der Waals surface area contributed by atoms with Crippen molar-refractivity contribution in [2.24, 2.45) is 0 Å². The van der Waals surface area contributed by atoms with E-state index in [1.807, 2.05) is 23.3 Å². The molecule has 2 atom stereocenters. The summed E-state index contributed by atoms with van der Waals surface area (Å²) in [6.07, 6.45) is 0.0658. The van der Waals surface area contributed by atoms with Crippen LogP contribution in [-0.2, 0) is 4.74 Å². The van der Waals surface area contributed by atoms with Crippen molar-refractivity contribution >= 4 is 33.2 Å². The first-order valence-corrected chi connectivity index (χ1v) is 7.77. The lowest BCUT2D eigenvalue weighted by Crippen LogP contribution is -2.51. The lowest BCUT2D eigenvalue weighted by molar-refractivity contribution is -0.0360. The first-order valence-electron chi connectivity index (χ1n) is 5.77. The molecule has 1 amide bonds. The summed E-state index contributed by atoms with van der Waals surface area (Å²) in [5, 5.41) is 2.62. The minimum absolute atomic E-state index is 0.0311. The summed E-state index contributed by atoms with van der Waals surface area (Å²) < 4.78 is 10.8. The Labute approximate surface area is 119 Å². The SMILES string of the molecule is COc1ccsc1C(=O)N1CC(CBr)OCC1C. The summed E-state index contributed by atoms with van der Waals surface area (Å²) in [6.45, 7) is 3.20. The van der Waals surface area contributed by atoms with Crippen LogP contribution >= 0.6 is 27.3 Å². The van der Waals surface area contributed by atoms with E-state index in [1.54, 1.807) is 7.11 Å². The van der Waals surface area contributed by atoms with Gasteiger partial charge in [0.05, 0.1) is 25.9 Å². The second-order valence-corrected chi connectivity index (χ2v) is 5.80. The zero-order chi connectivity index (χ0) is 13.1. The molecule has 0 bridgehead atoms. The topological polar surface area (TPSA) is 38.8 Å². The monoisotopic (exact) mass is 333 g/mol. The van der Waals surface area contributed by atoms with Gasteiger partial charge in [0.25, 0.3) is 5.91 Å². The average Bonchev–Trinajstić information content (AvgIpc) is 2.86. The Morgan fingerprint density at radius 3 is 3.17 bits per heavy atom. The highest BCUT2D eigenvalue weighted by molar-refractivity contribution is 9.09.